The molecule has 3 aliphatic carbocycles. The van der Waals surface area contributed by atoms with Gasteiger partial charge in [-0.25, -0.2) is 0 Å². The van der Waals surface area contributed by atoms with Crippen molar-refractivity contribution in [3.8, 4) is 0 Å². The molecule has 2 N–H and O–H groups in total. The van der Waals surface area contributed by atoms with Gasteiger partial charge >= 0.3 is 0 Å². The summed E-state index contributed by atoms with van der Waals surface area (Å²) < 4.78 is 0. The predicted molar refractivity (Wildman–Crippen MR) is 56.5 cm³/mol. The molecule has 3 fully saturated rings. The fraction of sp³-hybridized carbons (Fsp3) is 1.00. The Morgan fingerprint density at radius 1 is 1.00 bits per heavy atom. The maximum absolute atomic E-state index is 5.48. The third-order valence-electron chi connectivity index (χ3n) is 4.41. The summed E-state index contributed by atoms with van der Waals surface area (Å²) in [5.74, 6) is 0. The number of rotatable bonds is 6. The zero-order chi connectivity index (χ0) is 9.36. The fourth-order valence-electron chi connectivity index (χ4n) is 3.69. The second-order valence-electron chi connectivity index (χ2n) is 5.48. The van der Waals surface area contributed by atoms with Crippen molar-refractivity contribution < 1.29 is 0 Å². The Labute approximate surface area is 82.1 Å². The number of hydrogen-bond donors (Lipinski definition) is 1. The number of unbranched alkanes of at least 4 members (excludes halogenated alkanes) is 2. The molecular weight excluding hydrogens is 158 g/mol. The zero-order valence-corrected chi connectivity index (χ0v) is 8.94. The first-order valence-electron chi connectivity index (χ1n) is 5.94. The topological polar surface area (TPSA) is 26.0 Å². The van der Waals surface area contributed by atoms with Crippen LogP contribution in [0.2, 0.25) is 0 Å². The average molecular weight is 181 g/mol. The smallest absolute Gasteiger partial charge is 0.00773 e. The molecule has 3 aliphatic rings. The van der Waals surface area contributed by atoms with Gasteiger partial charge in [-0.15, -0.1) is 0 Å². The first-order valence-corrected chi connectivity index (χ1v) is 5.94. The van der Waals surface area contributed by atoms with Crippen LogP contribution in [0.5, 0.6) is 0 Å². The van der Waals surface area contributed by atoms with Crippen LogP contribution in [0.15, 0.2) is 0 Å². The van der Waals surface area contributed by atoms with E-state index in [1.54, 1.807) is 19.3 Å². The monoisotopic (exact) mass is 181 g/mol. The maximum Gasteiger partial charge on any atom is -0.00773 e. The van der Waals surface area contributed by atoms with E-state index in [-0.39, 0.29) is 0 Å². The zero-order valence-electron chi connectivity index (χ0n) is 8.94. The van der Waals surface area contributed by atoms with E-state index >= 15 is 0 Å². The summed E-state index contributed by atoms with van der Waals surface area (Å²) in [7, 11) is 0. The minimum atomic E-state index is 0.838. The molecule has 0 aromatic carbocycles. The third-order valence-corrected chi connectivity index (χ3v) is 4.41. The second-order valence-corrected chi connectivity index (χ2v) is 5.48. The molecule has 0 saturated heterocycles. The standard InChI is InChI=1S/C12H23N/c1-2-11-8-12(9-11,10-11)6-4-3-5-7-13/h2-10,13H2,1H3. The lowest BCUT2D eigenvalue weighted by Crippen LogP contribution is -2.60. The van der Waals surface area contributed by atoms with Crippen LogP contribution < -0.4 is 5.73 Å². The third kappa shape index (κ3) is 1.52. The summed E-state index contributed by atoms with van der Waals surface area (Å²) in [6, 6.07) is 0. The van der Waals surface area contributed by atoms with Crippen molar-refractivity contribution in [2.24, 2.45) is 16.6 Å². The SMILES string of the molecule is CCC12CC(CCCCCN)(C1)C2. The van der Waals surface area contributed by atoms with Crippen LogP contribution in [-0.4, -0.2) is 6.54 Å². The average Bonchev–Trinajstić information content (AvgIpc) is 1.99. The lowest BCUT2D eigenvalue weighted by molar-refractivity contribution is -0.209. The highest BCUT2D eigenvalue weighted by Crippen LogP contribution is 2.76. The highest BCUT2D eigenvalue weighted by molar-refractivity contribution is 5.15. The fourth-order valence-corrected chi connectivity index (χ4v) is 3.69. The molecule has 76 valence electrons. The van der Waals surface area contributed by atoms with E-state index in [1.807, 2.05) is 0 Å². The summed E-state index contributed by atoms with van der Waals surface area (Å²) >= 11 is 0. The molecule has 2 bridgehead atoms. The first kappa shape index (κ1) is 9.51. The Balaban J connectivity index is 1.59. The molecule has 3 rings (SSSR count). The second kappa shape index (κ2) is 3.27. The Kier molecular flexibility index (Phi) is 2.39. The van der Waals surface area contributed by atoms with Crippen LogP contribution in [0.3, 0.4) is 0 Å². The van der Waals surface area contributed by atoms with Gasteiger partial charge in [0, 0.05) is 0 Å². The largest absolute Gasteiger partial charge is 0.330 e. The molecule has 0 atom stereocenters. The molecule has 0 heterocycles. The molecule has 0 unspecified atom stereocenters. The molecule has 1 nitrogen and oxygen atoms in total. The molecule has 0 aliphatic heterocycles. The van der Waals surface area contributed by atoms with Crippen molar-refractivity contribution in [1.82, 2.24) is 0 Å². The van der Waals surface area contributed by atoms with Crippen molar-refractivity contribution >= 4 is 0 Å². The lowest BCUT2D eigenvalue weighted by Gasteiger charge is -2.71. The van der Waals surface area contributed by atoms with E-state index in [0.717, 1.165) is 17.4 Å². The molecule has 13 heavy (non-hydrogen) atoms. The van der Waals surface area contributed by atoms with Crippen LogP contribution >= 0.6 is 0 Å². The highest BCUT2D eigenvalue weighted by atomic mass is 14.7. The van der Waals surface area contributed by atoms with Crippen molar-refractivity contribution in [1.29, 1.82) is 0 Å². The van der Waals surface area contributed by atoms with Crippen molar-refractivity contribution in [2.75, 3.05) is 6.54 Å². The van der Waals surface area contributed by atoms with E-state index in [2.05, 4.69) is 6.92 Å². The number of nitrogens with two attached hydrogens (primary N) is 1. The summed E-state index contributed by atoms with van der Waals surface area (Å²) in [4.78, 5) is 0. The van der Waals surface area contributed by atoms with Gasteiger partial charge in [0.05, 0.1) is 0 Å². The Morgan fingerprint density at radius 2 is 1.69 bits per heavy atom. The predicted octanol–water partition coefficient (Wildman–Crippen LogP) is 3.09. The Hall–Kier alpha value is -0.0400. The van der Waals surface area contributed by atoms with Gasteiger partial charge in [0.15, 0.2) is 0 Å². The van der Waals surface area contributed by atoms with Crippen LogP contribution in [0, 0.1) is 10.8 Å². The van der Waals surface area contributed by atoms with Crippen LogP contribution in [-0.2, 0) is 0 Å². The van der Waals surface area contributed by atoms with Crippen molar-refractivity contribution in [3.05, 3.63) is 0 Å². The quantitative estimate of drug-likeness (QED) is 0.626. The van der Waals surface area contributed by atoms with Crippen molar-refractivity contribution in [3.63, 3.8) is 0 Å². The van der Waals surface area contributed by atoms with Gasteiger partial charge in [0.2, 0.25) is 0 Å². The molecule has 0 amide bonds. The van der Waals surface area contributed by atoms with Gasteiger partial charge in [0.25, 0.3) is 0 Å². The minimum absolute atomic E-state index is 0.838. The van der Waals surface area contributed by atoms with Crippen LogP contribution in [0.1, 0.15) is 58.3 Å². The van der Waals surface area contributed by atoms with Crippen molar-refractivity contribution in [2.45, 2.75) is 58.3 Å². The van der Waals surface area contributed by atoms with E-state index in [1.165, 1.54) is 32.1 Å². The molecule has 0 radical (unpaired) electrons. The highest BCUT2D eigenvalue weighted by Gasteiger charge is 2.65. The minimum Gasteiger partial charge on any atom is -0.330 e. The normalized spacial score (nSPS) is 41.1. The molecule has 0 spiro atoms. The van der Waals surface area contributed by atoms with Gasteiger partial charge in [-0.1, -0.05) is 26.2 Å². The maximum atomic E-state index is 5.48. The van der Waals surface area contributed by atoms with Gasteiger partial charge in [-0.05, 0) is 49.5 Å². The van der Waals surface area contributed by atoms with Crippen LogP contribution in [0.25, 0.3) is 0 Å². The Bertz CT molecular complexity index is 166. The summed E-state index contributed by atoms with van der Waals surface area (Å²) in [6.45, 7) is 3.24. The molecule has 3 saturated carbocycles. The van der Waals surface area contributed by atoms with Gasteiger partial charge < -0.3 is 5.73 Å². The van der Waals surface area contributed by atoms with Gasteiger partial charge in [-0.2, -0.15) is 0 Å². The van der Waals surface area contributed by atoms with Gasteiger partial charge in [-0.3, -0.25) is 0 Å². The van der Waals surface area contributed by atoms with E-state index in [4.69, 9.17) is 5.73 Å². The van der Waals surface area contributed by atoms with E-state index in [9.17, 15) is 0 Å². The summed E-state index contributed by atoms with van der Waals surface area (Å²) in [5.41, 5.74) is 7.16. The lowest BCUT2D eigenvalue weighted by atomic mass is 9.33. The molecule has 1 heteroatoms. The first-order chi connectivity index (χ1) is 6.24. The molecule has 0 aromatic rings. The van der Waals surface area contributed by atoms with E-state index in [0.29, 0.717) is 0 Å². The van der Waals surface area contributed by atoms with E-state index < -0.39 is 0 Å². The summed E-state index contributed by atoms with van der Waals surface area (Å²) in [6.07, 6.45) is 11.6. The molecule has 0 aromatic heterocycles. The van der Waals surface area contributed by atoms with Gasteiger partial charge in [0.1, 0.15) is 0 Å². The number of hydrogen-bond acceptors (Lipinski definition) is 1. The Morgan fingerprint density at radius 3 is 2.23 bits per heavy atom. The van der Waals surface area contributed by atoms with Crippen LogP contribution in [0.4, 0.5) is 0 Å². The molecular formula is C12H23N. The summed E-state index contributed by atoms with van der Waals surface area (Å²) in [5, 5.41) is 0.